The molecule has 1 aliphatic carbocycles. The predicted octanol–water partition coefficient (Wildman–Crippen LogP) is 1.02. The van der Waals surface area contributed by atoms with Crippen molar-refractivity contribution in [2.45, 2.75) is 51.5 Å². The number of guanidine groups is 1. The van der Waals surface area contributed by atoms with Gasteiger partial charge in [-0.2, -0.15) is 0 Å². The van der Waals surface area contributed by atoms with Crippen molar-refractivity contribution in [1.82, 2.24) is 15.1 Å². The van der Waals surface area contributed by atoms with Crippen LogP contribution in [0.4, 0.5) is 0 Å². The van der Waals surface area contributed by atoms with Gasteiger partial charge in [0.05, 0.1) is 12.0 Å². The van der Waals surface area contributed by atoms with Crippen LogP contribution in [0.1, 0.15) is 45.4 Å². The molecule has 1 amide bonds. The van der Waals surface area contributed by atoms with Gasteiger partial charge in [0.15, 0.2) is 5.96 Å². The van der Waals surface area contributed by atoms with Crippen LogP contribution in [-0.2, 0) is 4.79 Å². The number of hydrogen-bond donors (Lipinski definition) is 2. The number of carbonyl (C=O) groups is 1. The number of hydrogen-bond acceptors (Lipinski definition) is 3. The van der Waals surface area contributed by atoms with Crippen molar-refractivity contribution in [3.05, 3.63) is 0 Å². The van der Waals surface area contributed by atoms with E-state index in [0.717, 1.165) is 38.8 Å². The van der Waals surface area contributed by atoms with Crippen molar-refractivity contribution in [2.75, 3.05) is 40.3 Å². The highest BCUT2D eigenvalue weighted by Gasteiger charge is 2.41. The molecule has 1 saturated heterocycles. The van der Waals surface area contributed by atoms with E-state index in [1.807, 2.05) is 14.1 Å². The molecule has 2 aliphatic rings. The third-order valence-corrected chi connectivity index (χ3v) is 5.40. The second-order valence-electron chi connectivity index (χ2n) is 7.19. The first kappa shape index (κ1) is 18.0. The molecule has 0 radical (unpaired) electrons. The fraction of sp³-hybridized carbons (Fsp3) is 0.882. The monoisotopic (exact) mass is 323 g/mol. The number of rotatable bonds is 6. The van der Waals surface area contributed by atoms with Crippen molar-refractivity contribution in [2.24, 2.45) is 16.1 Å². The van der Waals surface area contributed by atoms with Gasteiger partial charge in [0.1, 0.15) is 0 Å². The van der Waals surface area contributed by atoms with Gasteiger partial charge in [0.2, 0.25) is 5.91 Å². The third-order valence-electron chi connectivity index (χ3n) is 5.40. The molecule has 0 aromatic carbocycles. The van der Waals surface area contributed by atoms with Crippen LogP contribution >= 0.6 is 0 Å². The minimum atomic E-state index is -0.335. The Bertz CT molecular complexity index is 429. The molecule has 3 N–H and O–H groups in total. The summed E-state index contributed by atoms with van der Waals surface area (Å²) >= 11 is 0. The van der Waals surface area contributed by atoms with E-state index >= 15 is 0 Å². The molecule has 0 spiro atoms. The van der Waals surface area contributed by atoms with Gasteiger partial charge in [-0.05, 0) is 38.8 Å². The number of amides is 1. The van der Waals surface area contributed by atoms with Crippen LogP contribution in [0.15, 0.2) is 4.99 Å². The molecule has 6 heteroatoms. The maximum atomic E-state index is 12.5. The smallest absolute Gasteiger partial charge is 0.230 e. The van der Waals surface area contributed by atoms with Crippen LogP contribution in [-0.4, -0.2) is 68.0 Å². The van der Waals surface area contributed by atoms with Crippen LogP contribution in [0.2, 0.25) is 0 Å². The molecule has 2 rings (SSSR count). The minimum Gasteiger partial charge on any atom is -0.370 e. The summed E-state index contributed by atoms with van der Waals surface area (Å²) in [6.45, 7) is 5.82. The molecular formula is C17H33N5O. The molecule has 0 bridgehead atoms. The Kier molecular flexibility index (Phi) is 6.27. The van der Waals surface area contributed by atoms with E-state index in [4.69, 9.17) is 5.73 Å². The molecule has 0 aromatic heterocycles. The van der Waals surface area contributed by atoms with E-state index in [1.165, 1.54) is 19.4 Å². The molecule has 1 atom stereocenters. The molecule has 2 fully saturated rings. The molecule has 6 nitrogen and oxygen atoms in total. The quantitative estimate of drug-likeness (QED) is 0.565. The number of nitrogens with two attached hydrogens (primary N) is 1. The van der Waals surface area contributed by atoms with Gasteiger partial charge < -0.3 is 16.0 Å². The number of aliphatic imine (C=N–C) groups is 1. The van der Waals surface area contributed by atoms with Crippen molar-refractivity contribution in [1.29, 1.82) is 0 Å². The summed E-state index contributed by atoms with van der Waals surface area (Å²) in [6, 6.07) is 0.553. The molecule has 132 valence electrons. The molecule has 1 aliphatic heterocycles. The topological polar surface area (TPSA) is 74.0 Å². The van der Waals surface area contributed by atoms with Gasteiger partial charge >= 0.3 is 0 Å². The summed E-state index contributed by atoms with van der Waals surface area (Å²) in [4.78, 5) is 21.2. The van der Waals surface area contributed by atoms with Crippen molar-refractivity contribution in [3.8, 4) is 0 Å². The molecule has 1 unspecified atom stereocenters. The van der Waals surface area contributed by atoms with E-state index in [0.29, 0.717) is 18.5 Å². The van der Waals surface area contributed by atoms with Gasteiger partial charge in [0, 0.05) is 26.7 Å². The Balaban J connectivity index is 1.88. The Morgan fingerprint density at radius 3 is 2.65 bits per heavy atom. The van der Waals surface area contributed by atoms with E-state index in [1.54, 1.807) is 4.90 Å². The zero-order chi connectivity index (χ0) is 16.9. The predicted molar refractivity (Wildman–Crippen MR) is 94.4 cm³/mol. The number of nitrogens with one attached hydrogen (secondary N) is 1. The summed E-state index contributed by atoms with van der Waals surface area (Å²) in [5, 5.41) is 3.26. The number of likely N-dealkylation sites (N-methyl/N-ethyl adjacent to an activating group) is 1. The Labute approximate surface area is 140 Å². The van der Waals surface area contributed by atoms with Crippen LogP contribution in [0.5, 0.6) is 0 Å². The lowest BCUT2D eigenvalue weighted by Gasteiger charge is -2.29. The van der Waals surface area contributed by atoms with Gasteiger partial charge in [-0.15, -0.1) is 0 Å². The Morgan fingerprint density at radius 1 is 1.35 bits per heavy atom. The fourth-order valence-electron chi connectivity index (χ4n) is 4.02. The van der Waals surface area contributed by atoms with E-state index in [-0.39, 0.29) is 11.3 Å². The lowest BCUT2D eigenvalue weighted by molar-refractivity contribution is -0.138. The second-order valence-corrected chi connectivity index (χ2v) is 7.19. The summed E-state index contributed by atoms with van der Waals surface area (Å²) in [5.74, 6) is 0.672. The standard InChI is InChI=1S/C17H33N5O/c1-4-22-11-7-8-14(22)12-19-16(18)20-13-17(9-5-6-10-17)15(23)21(2)3/h14H,4-13H2,1-3H3,(H3,18,19,20). The fourth-order valence-corrected chi connectivity index (χ4v) is 4.02. The van der Waals surface area contributed by atoms with E-state index < -0.39 is 0 Å². The maximum absolute atomic E-state index is 12.5. The molecule has 23 heavy (non-hydrogen) atoms. The van der Waals surface area contributed by atoms with Gasteiger partial charge in [-0.1, -0.05) is 19.8 Å². The van der Waals surface area contributed by atoms with Crippen molar-refractivity contribution < 1.29 is 4.79 Å². The Hall–Kier alpha value is -1.30. The summed E-state index contributed by atoms with van der Waals surface area (Å²) in [6.07, 6.45) is 6.54. The number of nitrogens with zero attached hydrogens (tertiary/aromatic N) is 3. The van der Waals surface area contributed by atoms with Gasteiger partial charge in [-0.25, -0.2) is 0 Å². The summed E-state index contributed by atoms with van der Waals surface area (Å²) < 4.78 is 0. The second kappa shape index (κ2) is 7.99. The normalized spacial score (nSPS) is 24.8. The van der Waals surface area contributed by atoms with Gasteiger partial charge in [-0.3, -0.25) is 14.7 Å². The van der Waals surface area contributed by atoms with Crippen LogP contribution in [0.25, 0.3) is 0 Å². The first-order valence-electron chi connectivity index (χ1n) is 8.98. The van der Waals surface area contributed by atoms with Crippen molar-refractivity contribution in [3.63, 3.8) is 0 Å². The first-order chi connectivity index (χ1) is 11.0. The largest absolute Gasteiger partial charge is 0.370 e. The highest BCUT2D eigenvalue weighted by atomic mass is 16.2. The van der Waals surface area contributed by atoms with Crippen LogP contribution in [0.3, 0.4) is 0 Å². The lowest BCUT2D eigenvalue weighted by atomic mass is 9.85. The Morgan fingerprint density at radius 2 is 2.04 bits per heavy atom. The van der Waals surface area contributed by atoms with Crippen LogP contribution < -0.4 is 11.1 Å². The molecule has 1 saturated carbocycles. The average Bonchev–Trinajstić information content (AvgIpc) is 3.19. The third kappa shape index (κ3) is 4.37. The van der Waals surface area contributed by atoms with E-state index in [9.17, 15) is 4.79 Å². The summed E-state index contributed by atoms with van der Waals surface area (Å²) in [7, 11) is 3.65. The number of likely N-dealkylation sites (tertiary alicyclic amines) is 1. The zero-order valence-corrected chi connectivity index (χ0v) is 15.0. The summed E-state index contributed by atoms with van der Waals surface area (Å²) in [5.41, 5.74) is 5.71. The molecule has 1 heterocycles. The van der Waals surface area contributed by atoms with Crippen LogP contribution in [0, 0.1) is 5.41 Å². The maximum Gasteiger partial charge on any atom is 0.230 e. The highest BCUT2D eigenvalue weighted by Crippen LogP contribution is 2.39. The SMILES string of the molecule is CCN1CCCC1CNC(N)=NCC1(C(=O)N(C)C)CCCC1. The average molecular weight is 323 g/mol. The lowest BCUT2D eigenvalue weighted by Crippen LogP contribution is -2.44. The van der Waals surface area contributed by atoms with Gasteiger partial charge in [0.25, 0.3) is 0 Å². The zero-order valence-electron chi connectivity index (χ0n) is 15.0. The van der Waals surface area contributed by atoms with E-state index in [2.05, 4.69) is 22.1 Å². The number of carbonyl (C=O) groups excluding carboxylic acids is 1. The first-order valence-corrected chi connectivity index (χ1v) is 8.98. The molecular weight excluding hydrogens is 290 g/mol. The molecule has 0 aromatic rings. The minimum absolute atomic E-state index is 0.194. The van der Waals surface area contributed by atoms with Crippen molar-refractivity contribution >= 4 is 11.9 Å². The highest BCUT2D eigenvalue weighted by molar-refractivity contribution is 5.84.